The number of imidazole rings is 1. The zero-order chi connectivity index (χ0) is 28.6. The minimum Gasteiger partial charge on any atom is -0.322 e. The Hall–Kier alpha value is -3.74. The summed E-state index contributed by atoms with van der Waals surface area (Å²) in [5.41, 5.74) is 3.83. The van der Waals surface area contributed by atoms with Crippen LogP contribution < -0.4 is 10.6 Å². The van der Waals surface area contributed by atoms with Crippen molar-refractivity contribution in [2.45, 2.75) is 63.8 Å². The number of anilines is 1. The third-order valence-electron chi connectivity index (χ3n) is 9.04. The number of nitrogens with zero attached hydrogens (tertiary/aromatic N) is 6. The van der Waals surface area contributed by atoms with E-state index in [0.29, 0.717) is 40.4 Å². The molecule has 0 radical (unpaired) electrons. The normalized spacial score (nSPS) is 21.5. The van der Waals surface area contributed by atoms with Gasteiger partial charge in [-0.2, -0.15) is 5.26 Å². The first kappa shape index (κ1) is 27.4. The van der Waals surface area contributed by atoms with Gasteiger partial charge in [0, 0.05) is 49.8 Å². The quantitative estimate of drug-likeness (QED) is 0.276. The van der Waals surface area contributed by atoms with Gasteiger partial charge < -0.3 is 15.2 Å². The summed E-state index contributed by atoms with van der Waals surface area (Å²) >= 11 is 6.44. The van der Waals surface area contributed by atoms with Crippen LogP contribution >= 0.6 is 11.6 Å². The Kier molecular flexibility index (Phi) is 7.30. The zero-order valence-corrected chi connectivity index (χ0v) is 24.3. The molecule has 0 bridgehead atoms. The summed E-state index contributed by atoms with van der Waals surface area (Å²) in [4.78, 5) is 18.1. The number of rotatable bonds is 9. The Balaban J connectivity index is 1.23. The molecule has 1 aromatic carbocycles. The van der Waals surface area contributed by atoms with Gasteiger partial charge in [0.1, 0.15) is 17.3 Å². The maximum absolute atomic E-state index is 13.7. The highest BCUT2D eigenvalue weighted by Crippen LogP contribution is 2.50. The lowest BCUT2D eigenvalue weighted by molar-refractivity contribution is 0.102. The van der Waals surface area contributed by atoms with Gasteiger partial charge in [-0.15, -0.1) is 10.2 Å². The highest BCUT2D eigenvalue weighted by molar-refractivity contribution is 6.30. The number of carbonyl (C=O) groups excluding carboxylic acids is 1. The summed E-state index contributed by atoms with van der Waals surface area (Å²) in [5.74, 6) is 0.638. The first-order valence-electron chi connectivity index (χ1n) is 14.3. The van der Waals surface area contributed by atoms with E-state index in [4.69, 9.17) is 11.6 Å². The van der Waals surface area contributed by atoms with E-state index >= 15 is 0 Å². The van der Waals surface area contributed by atoms with Crippen LogP contribution in [0.2, 0.25) is 5.15 Å². The number of aromatic nitrogens is 5. The summed E-state index contributed by atoms with van der Waals surface area (Å²) in [5, 5.41) is 25.0. The highest BCUT2D eigenvalue weighted by Gasteiger charge is 2.46. The Morgan fingerprint density at radius 3 is 2.78 bits per heavy atom. The Morgan fingerprint density at radius 2 is 2.05 bits per heavy atom. The molecule has 3 heterocycles. The fourth-order valence-corrected chi connectivity index (χ4v) is 6.82. The first-order chi connectivity index (χ1) is 19.8. The van der Waals surface area contributed by atoms with Gasteiger partial charge in [-0.05, 0) is 60.4 Å². The number of nitriles is 1. The number of hydrogen-bond donors (Lipinski definition) is 2. The van der Waals surface area contributed by atoms with Crippen LogP contribution in [0.15, 0.2) is 49.1 Å². The van der Waals surface area contributed by atoms with Crippen molar-refractivity contribution in [1.82, 2.24) is 29.5 Å². The number of halogens is 1. The summed E-state index contributed by atoms with van der Waals surface area (Å²) in [6.07, 6.45) is 12.5. The van der Waals surface area contributed by atoms with Crippen LogP contribution in [0.25, 0.3) is 5.65 Å². The Morgan fingerprint density at radius 1 is 1.24 bits per heavy atom. The molecule has 0 saturated heterocycles. The second kappa shape index (κ2) is 10.9. The molecule has 1 amide bonds. The van der Waals surface area contributed by atoms with E-state index in [-0.39, 0.29) is 17.2 Å². The number of pyridine rings is 1. The lowest BCUT2D eigenvalue weighted by Gasteiger charge is -2.45. The first-order valence-corrected chi connectivity index (χ1v) is 14.7. The Labute approximate surface area is 244 Å². The molecule has 3 aromatic heterocycles. The van der Waals surface area contributed by atoms with E-state index in [1.807, 2.05) is 42.1 Å². The van der Waals surface area contributed by atoms with Crippen LogP contribution in [0.3, 0.4) is 0 Å². The van der Waals surface area contributed by atoms with Gasteiger partial charge in [0.15, 0.2) is 5.65 Å². The molecule has 0 unspecified atom stereocenters. The molecule has 2 aliphatic carbocycles. The van der Waals surface area contributed by atoms with Crippen molar-refractivity contribution in [2.75, 3.05) is 11.9 Å². The van der Waals surface area contributed by atoms with Crippen LogP contribution in [-0.2, 0) is 25.4 Å². The van der Waals surface area contributed by atoms with E-state index in [9.17, 15) is 10.1 Å². The number of amides is 1. The number of aryl methyl sites for hydroxylation is 1. The summed E-state index contributed by atoms with van der Waals surface area (Å²) < 4.78 is 3.69. The smallest absolute Gasteiger partial charge is 0.259 e. The van der Waals surface area contributed by atoms with Gasteiger partial charge in [0.05, 0.1) is 17.8 Å². The largest absolute Gasteiger partial charge is 0.322 e. The number of hydrogen-bond acceptors (Lipinski definition) is 6. The second-order valence-corrected chi connectivity index (χ2v) is 12.6. The van der Waals surface area contributed by atoms with Gasteiger partial charge in [-0.1, -0.05) is 43.5 Å². The SMILES string of the molecule is Cn1cnnc1C[C@]1(c2cccc(NC(=O)c3cc(CNCC4(C)CCCC4)cn4c(Cl)cnc34)c2)C[C@H](C#N)C1. The van der Waals surface area contributed by atoms with Crippen molar-refractivity contribution in [3.05, 3.63) is 76.7 Å². The van der Waals surface area contributed by atoms with Crippen molar-refractivity contribution in [3.63, 3.8) is 0 Å². The van der Waals surface area contributed by atoms with Gasteiger partial charge in [0.2, 0.25) is 0 Å². The standard InChI is InChI=1S/C31H35ClN8O/c1-30(8-3-4-9-30)19-34-16-21-10-25(28-35-17-26(32)40(28)18-21)29(41)37-24-7-5-6-23(11-24)31(12-22(13-31)15-33)14-27-38-36-20-39(27)2/h5-7,10-11,17-18,20,22,34H,3-4,8-9,12-14,16,19H2,1-2H3,(H,37,41)/t22-,31-. The molecule has 0 atom stereocenters. The summed E-state index contributed by atoms with van der Waals surface area (Å²) in [6.45, 7) is 3.93. The number of benzene rings is 1. The molecule has 0 spiro atoms. The monoisotopic (exact) mass is 570 g/mol. The van der Waals surface area contributed by atoms with Crippen LogP contribution in [0.5, 0.6) is 0 Å². The molecule has 2 fully saturated rings. The lowest BCUT2D eigenvalue weighted by atomic mass is 9.57. The third kappa shape index (κ3) is 5.46. The minimum atomic E-state index is -0.245. The second-order valence-electron chi connectivity index (χ2n) is 12.2. The van der Waals surface area contributed by atoms with Gasteiger partial charge in [-0.3, -0.25) is 9.20 Å². The zero-order valence-electron chi connectivity index (χ0n) is 23.5. The number of fused-ring (bicyclic) bond motifs is 1. The van der Waals surface area contributed by atoms with Gasteiger partial charge >= 0.3 is 0 Å². The van der Waals surface area contributed by atoms with Crippen LogP contribution in [-0.4, -0.2) is 36.6 Å². The Bertz CT molecular complexity index is 1620. The minimum absolute atomic E-state index is 0.00699. The maximum atomic E-state index is 13.7. The predicted octanol–water partition coefficient (Wildman–Crippen LogP) is 5.45. The molecule has 2 aliphatic rings. The topological polar surface area (TPSA) is 113 Å². The van der Waals surface area contributed by atoms with Gasteiger partial charge in [-0.25, -0.2) is 4.98 Å². The van der Waals surface area contributed by atoms with E-state index in [1.54, 1.807) is 16.9 Å². The molecule has 4 aromatic rings. The van der Waals surface area contributed by atoms with Crippen molar-refractivity contribution in [1.29, 1.82) is 5.26 Å². The molecule has 0 aliphatic heterocycles. The third-order valence-corrected chi connectivity index (χ3v) is 9.32. The molecule has 212 valence electrons. The van der Waals surface area contributed by atoms with Crippen LogP contribution in [0, 0.1) is 22.7 Å². The molecule has 41 heavy (non-hydrogen) atoms. The molecule has 2 saturated carbocycles. The molecule has 10 heteroatoms. The summed E-state index contributed by atoms with van der Waals surface area (Å²) in [6, 6.07) is 12.2. The number of nitrogens with one attached hydrogen (secondary N) is 2. The van der Waals surface area contributed by atoms with Crippen molar-refractivity contribution in [2.24, 2.45) is 18.4 Å². The van der Waals surface area contributed by atoms with E-state index in [0.717, 1.165) is 36.3 Å². The van der Waals surface area contributed by atoms with E-state index < -0.39 is 0 Å². The van der Waals surface area contributed by atoms with Crippen molar-refractivity contribution >= 4 is 28.8 Å². The molecular formula is C31H35ClN8O. The van der Waals surface area contributed by atoms with Crippen LogP contribution in [0.1, 0.15) is 72.8 Å². The average Bonchev–Trinajstić information content (AvgIpc) is 3.66. The fourth-order valence-electron chi connectivity index (χ4n) is 6.64. The molecule has 9 nitrogen and oxygen atoms in total. The molecular weight excluding hydrogens is 536 g/mol. The lowest BCUT2D eigenvalue weighted by Crippen LogP contribution is -2.43. The van der Waals surface area contributed by atoms with E-state index in [1.165, 1.54) is 25.7 Å². The summed E-state index contributed by atoms with van der Waals surface area (Å²) in [7, 11) is 1.93. The van der Waals surface area contributed by atoms with Gasteiger partial charge in [0.25, 0.3) is 5.91 Å². The van der Waals surface area contributed by atoms with Crippen LogP contribution in [0.4, 0.5) is 5.69 Å². The fraction of sp³-hybridized carbons (Fsp3) is 0.452. The highest BCUT2D eigenvalue weighted by atomic mass is 35.5. The molecule has 2 N–H and O–H groups in total. The average molecular weight is 571 g/mol. The van der Waals surface area contributed by atoms with Crippen molar-refractivity contribution < 1.29 is 4.79 Å². The predicted molar refractivity (Wildman–Crippen MR) is 158 cm³/mol. The van der Waals surface area contributed by atoms with E-state index in [2.05, 4.69) is 44.9 Å². The molecule has 6 rings (SSSR count). The number of carbonyl (C=O) groups is 1. The maximum Gasteiger partial charge on any atom is 0.259 e. The van der Waals surface area contributed by atoms with Crippen molar-refractivity contribution in [3.8, 4) is 6.07 Å².